The standard InChI is InChI=1S/C26H21ClN6OS/c1-32-12-15(11-28)9-21(32)24-22-23(19(8-14-2-3-14)25(34)30-26(22)35)31-33(24)13-16-6-7-29-20-5-4-17(27)10-18(16)20/h4-7,9-10,12,14,19H,2-3,8,13H2,1H3,(H,30,34,35). The van der Waals surface area contributed by atoms with Crippen molar-refractivity contribution in [1.29, 1.82) is 5.26 Å². The first-order chi connectivity index (χ1) is 16.9. The number of nitriles is 1. The van der Waals surface area contributed by atoms with Crippen molar-refractivity contribution in [3.05, 3.63) is 70.1 Å². The summed E-state index contributed by atoms with van der Waals surface area (Å²) in [6.07, 6.45) is 6.61. The molecule has 4 heterocycles. The van der Waals surface area contributed by atoms with Gasteiger partial charge in [0.2, 0.25) is 5.91 Å². The van der Waals surface area contributed by atoms with Gasteiger partial charge in [-0.15, -0.1) is 0 Å². The highest BCUT2D eigenvalue weighted by atomic mass is 35.5. The lowest BCUT2D eigenvalue weighted by Gasteiger charge is -2.22. The minimum absolute atomic E-state index is 0.0867. The van der Waals surface area contributed by atoms with Gasteiger partial charge in [0, 0.05) is 29.9 Å². The van der Waals surface area contributed by atoms with Crippen LogP contribution in [0.4, 0.5) is 0 Å². The van der Waals surface area contributed by atoms with Gasteiger partial charge in [-0.25, -0.2) is 0 Å². The van der Waals surface area contributed by atoms with Crippen molar-refractivity contribution < 1.29 is 4.79 Å². The SMILES string of the molecule is Cn1cc(C#N)cc1-c1c2c(nn1Cc1ccnc3ccc(Cl)cc13)C(CC1CC1)C(=O)NC2=S. The molecule has 9 heteroatoms. The lowest BCUT2D eigenvalue weighted by Crippen LogP contribution is -2.40. The molecule has 1 aliphatic heterocycles. The fourth-order valence-corrected chi connectivity index (χ4v) is 5.42. The van der Waals surface area contributed by atoms with Gasteiger partial charge in [0.1, 0.15) is 11.1 Å². The fourth-order valence-electron chi connectivity index (χ4n) is 4.95. The Labute approximate surface area is 212 Å². The second kappa shape index (κ2) is 8.29. The van der Waals surface area contributed by atoms with E-state index in [1.807, 2.05) is 46.6 Å². The third-order valence-electron chi connectivity index (χ3n) is 6.85. The smallest absolute Gasteiger partial charge is 0.234 e. The molecule has 7 nitrogen and oxygen atoms in total. The molecule has 0 spiro atoms. The Bertz CT molecular complexity index is 1570. The zero-order valence-corrected chi connectivity index (χ0v) is 20.5. The second-order valence-electron chi connectivity index (χ2n) is 9.28. The van der Waals surface area contributed by atoms with Crippen LogP contribution in [0.25, 0.3) is 22.3 Å². The molecule has 1 atom stereocenters. The lowest BCUT2D eigenvalue weighted by molar-refractivity contribution is -0.121. The molecule has 2 aliphatic rings. The Hall–Kier alpha value is -3.54. The number of carbonyl (C=O) groups excluding carboxylic acids is 1. The van der Waals surface area contributed by atoms with Gasteiger partial charge in [-0.3, -0.25) is 14.5 Å². The van der Waals surface area contributed by atoms with Crippen molar-refractivity contribution in [2.24, 2.45) is 13.0 Å². The van der Waals surface area contributed by atoms with Gasteiger partial charge in [-0.2, -0.15) is 10.4 Å². The number of fused-ring (bicyclic) bond motifs is 2. The highest BCUT2D eigenvalue weighted by molar-refractivity contribution is 7.80. The van der Waals surface area contributed by atoms with Crippen molar-refractivity contribution in [3.8, 4) is 17.5 Å². The van der Waals surface area contributed by atoms with Crippen LogP contribution in [0.5, 0.6) is 0 Å². The molecule has 1 amide bonds. The molecule has 1 fully saturated rings. The summed E-state index contributed by atoms with van der Waals surface area (Å²) < 4.78 is 3.81. The van der Waals surface area contributed by atoms with Crippen LogP contribution in [0.3, 0.4) is 0 Å². The fraction of sp³-hybridized carbons (Fsp3) is 0.269. The molecule has 3 aromatic heterocycles. The maximum Gasteiger partial charge on any atom is 0.234 e. The number of hydrogen-bond acceptors (Lipinski definition) is 5. The molecular weight excluding hydrogens is 480 g/mol. The number of halogens is 1. The first kappa shape index (κ1) is 22.0. The van der Waals surface area contributed by atoms with Crippen LogP contribution in [0.15, 0.2) is 42.7 Å². The number of nitrogens with zero attached hydrogens (tertiary/aromatic N) is 5. The largest absolute Gasteiger partial charge is 0.348 e. The molecule has 6 rings (SSSR count). The average molecular weight is 501 g/mol. The molecule has 35 heavy (non-hydrogen) atoms. The molecule has 0 saturated heterocycles. The van der Waals surface area contributed by atoms with E-state index in [2.05, 4.69) is 16.4 Å². The van der Waals surface area contributed by atoms with Gasteiger partial charge in [0.15, 0.2) is 0 Å². The third kappa shape index (κ3) is 3.81. The third-order valence-corrected chi connectivity index (χ3v) is 7.39. The highest BCUT2D eigenvalue weighted by Crippen LogP contribution is 2.42. The van der Waals surface area contributed by atoms with E-state index in [0.717, 1.165) is 58.4 Å². The monoisotopic (exact) mass is 500 g/mol. The van der Waals surface area contributed by atoms with Crippen LogP contribution in [0.2, 0.25) is 5.02 Å². The minimum atomic E-state index is -0.344. The summed E-state index contributed by atoms with van der Waals surface area (Å²) in [6.45, 7) is 0.432. The maximum absolute atomic E-state index is 13.0. The quantitative estimate of drug-likeness (QED) is 0.401. The van der Waals surface area contributed by atoms with Crippen LogP contribution in [0.1, 0.15) is 47.6 Å². The summed E-state index contributed by atoms with van der Waals surface area (Å²) in [6, 6.07) is 11.6. The van der Waals surface area contributed by atoms with Crippen LogP contribution in [-0.2, 0) is 18.4 Å². The van der Waals surface area contributed by atoms with E-state index < -0.39 is 0 Å². The van der Waals surface area contributed by atoms with Gasteiger partial charge in [0.05, 0.1) is 46.2 Å². The van der Waals surface area contributed by atoms with Crippen LogP contribution in [-0.4, -0.2) is 30.2 Å². The number of benzene rings is 1. The first-order valence-electron chi connectivity index (χ1n) is 11.5. The predicted molar refractivity (Wildman–Crippen MR) is 137 cm³/mol. The predicted octanol–water partition coefficient (Wildman–Crippen LogP) is 4.70. The number of aromatic nitrogens is 4. The number of carbonyl (C=O) groups is 1. The molecule has 0 bridgehead atoms. The van der Waals surface area contributed by atoms with Crippen molar-refractivity contribution in [2.75, 3.05) is 0 Å². The van der Waals surface area contributed by atoms with E-state index in [4.69, 9.17) is 28.9 Å². The Morgan fingerprint density at radius 3 is 2.86 bits per heavy atom. The number of pyridine rings is 1. The van der Waals surface area contributed by atoms with E-state index >= 15 is 0 Å². The van der Waals surface area contributed by atoms with Crippen molar-refractivity contribution in [3.63, 3.8) is 0 Å². The average Bonchev–Trinajstić information content (AvgIpc) is 3.47. The topological polar surface area (TPSA) is 88.5 Å². The minimum Gasteiger partial charge on any atom is -0.348 e. The van der Waals surface area contributed by atoms with Gasteiger partial charge in [-0.1, -0.05) is 36.7 Å². The van der Waals surface area contributed by atoms with Gasteiger partial charge < -0.3 is 9.88 Å². The summed E-state index contributed by atoms with van der Waals surface area (Å²) >= 11 is 12.0. The highest BCUT2D eigenvalue weighted by Gasteiger charge is 2.40. The van der Waals surface area contributed by atoms with Crippen LogP contribution in [0, 0.1) is 17.2 Å². The van der Waals surface area contributed by atoms with E-state index in [-0.39, 0.29) is 11.8 Å². The summed E-state index contributed by atoms with van der Waals surface area (Å²) in [5, 5.41) is 19.0. The number of hydrogen-bond donors (Lipinski definition) is 1. The lowest BCUT2D eigenvalue weighted by atomic mass is 9.90. The number of amides is 1. The van der Waals surface area contributed by atoms with Crippen molar-refractivity contribution >= 4 is 45.6 Å². The number of thiocarbonyl (C=S) groups is 1. The molecule has 1 N–H and O–H groups in total. The van der Waals surface area contributed by atoms with Gasteiger partial charge >= 0.3 is 0 Å². The first-order valence-corrected chi connectivity index (χ1v) is 12.3. The van der Waals surface area contributed by atoms with Gasteiger partial charge in [0.25, 0.3) is 0 Å². The summed E-state index contributed by atoms with van der Waals surface area (Å²) in [5.41, 5.74) is 5.49. The van der Waals surface area contributed by atoms with E-state index in [1.165, 1.54) is 0 Å². The molecule has 1 aromatic carbocycles. The zero-order chi connectivity index (χ0) is 24.3. The van der Waals surface area contributed by atoms with Gasteiger partial charge in [-0.05, 0) is 48.2 Å². The molecule has 1 unspecified atom stereocenters. The van der Waals surface area contributed by atoms with Crippen LogP contribution < -0.4 is 5.32 Å². The van der Waals surface area contributed by atoms with E-state index in [0.29, 0.717) is 28.0 Å². The Balaban J connectivity index is 1.57. The summed E-state index contributed by atoms with van der Waals surface area (Å²) in [4.78, 5) is 17.8. The Kier molecular flexibility index (Phi) is 5.20. The van der Waals surface area contributed by atoms with E-state index in [9.17, 15) is 10.1 Å². The molecule has 4 aromatic rings. The zero-order valence-electron chi connectivity index (χ0n) is 19.0. The van der Waals surface area contributed by atoms with Crippen LogP contribution >= 0.6 is 23.8 Å². The molecule has 1 saturated carbocycles. The van der Waals surface area contributed by atoms with Crippen molar-refractivity contribution in [1.82, 2.24) is 24.6 Å². The normalized spacial score (nSPS) is 17.3. The number of aryl methyl sites for hydroxylation is 1. The summed E-state index contributed by atoms with van der Waals surface area (Å²) in [5.74, 6) is 0.116. The number of nitrogens with one attached hydrogen (secondary N) is 1. The molecule has 0 radical (unpaired) electrons. The second-order valence-corrected chi connectivity index (χ2v) is 10.1. The molecule has 1 aliphatic carbocycles. The Morgan fingerprint density at radius 1 is 1.29 bits per heavy atom. The molecule has 174 valence electrons. The summed E-state index contributed by atoms with van der Waals surface area (Å²) in [7, 11) is 1.90. The van der Waals surface area contributed by atoms with Crippen molar-refractivity contribution in [2.45, 2.75) is 31.7 Å². The maximum atomic E-state index is 13.0. The van der Waals surface area contributed by atoms with E-state index in [1.54, 1.807) is 12.4 Å². The molecular formula is C26H21ClN6OS. The number of rotatable bonds is 5. The Morgan fingerprint density at radius 2 is 2.11 bits per heavy atom.